The summed E-state index contributed by atoms with van der Waals surface area (Å²) >= 11 is 5.30. The lowest BCUT2D eigenvalue weighted by molar-refractivity contribution is -0.0727. The fraction of sp³-hybridized carbons (Fsp3) is 0.643. The predicted octanol–water partition coefficient (Wildman–Crippen LogP) is -1.44. The van der Waals surface area contributed by atoms with Crippen molar-refractivity contribution >= 4 is 29.3 Å². The van der Waals surface area contributed by atoms with Crippen molar-refractivity contribution in [2.24, 2.45) is 0 Å². The number of aliphatic hydroxyl groups excluding tert-OH is 2. The molecule has 0 spiro atoms. The molecule has 1 saturated heterocycles. The van der Waals surface area contributed by atoms with E-state index in [1.165, 1.54) is 4.57 Å². The van der Waals surface area contributed by atoms with Gasteiger partial charge in [-0.15, -0.1) is 0 Å². The summed E-state index contributed by atoms with van der Waals surface area (Å²) in [6.45, 7) is 0.569. The van der Waals surface area contributed by atoms with Gasteiger partial charge < -0.3 is 35.3 Å². The first-order valence-corrected chi connectivity index (χ1v) is 8.45. The average molecular weight is 386 g/mol. The molecule has 1 aliphatic heterocycles. The van der Waals surface area contributed by atoms with Crippen LogP contribution in [0.1, 0.15) is 6.23 Å². The zero-order chi connectivity index (χ0) is 19.0. The van der Waals surface area contributed by atoms with Gasteiger partial charge in [0.2, 0.25) is 5.95 Å². The summed E-state index contributed by atoms with van der Waals surface area (Å²) < 4.78 is 13.2. The number of ether oxygens (including phenoxy) is 2. The average Bonchev–Trinajstić information content (AvgIpc) is 3.04. The van der Waals surface area contributed by atoms with Crippen LogP contribution in [0, 0.1) is 4.77 Å². The molecule has 0 bridgehead atoms. The van der Waals surface area contributed by atoms with Crippen molar-refractivity contribution in [1.29, 1.82) is 0 Å². The van der Waals surface area contributed by atoms with Crippen LogP contribution in [0.3, 0.4) is 0 Å². The quantitative estimate of drug-likeness (QED) is 0.375. The molecular formula is C14H22N6O5S. The Bertz CT molecular complexity index is 892. The van der Waals surface area contributed by atoms with Crippen LogP contribution in [0.2, 0.25) is 0 Å². The summed E-state index contributed by atoms with van der Waals surface area (Å²) in [7, 11) is 3.79. The highest BCUT2D eigenvalue weighted by Crippen LogP contribution is 2.33. The van der Waals surface area contributed by atoms with E-state index in [0.29, 0.717) is 13.2 Å². The summed E-state index contributed by atoms with van der Waals surface area (Å²) in [6.07, 6.45) is -3.60. The largest absolute Gasteiger partial charge is 0.394 e. The van der Waals surface area contributed by atoms with Gasteiger partial charge in [-0.2, -0.15) is 4.98 Å². The predicted molar refractivity (Wildman–Crippen MR) is 95.2 cm³/mol. The van der Waals surface area contributed by atoms with E-state index in [0.717, 1.165) is 0 Å². The molecule has 6 N–H and O–H groups in total. The van der Waals surface area contributed by atoms with Gasteiger partial charge in [0, 0.05) is 6.54 Å². The van der Waals surface area contributed by atoms with Crippen LogP contribution in [0.15, 0.2) is 4.79 Å². The molecule has 26 heavy (non-hydrogen) atoms. The van der Waals surface area contributed by atoms with Crippen molar-refractivity contribution < 1.29 is 19.7 Å². The normalized spacial score (nSPS) is 26.2. The van der Waals surface area contributed by atoms with Gasteiger partial charge in [0.05, 0.1) is 13.2 Å². The van der Waals surface area contributed by atoms with Gasteiger partial charge in [0.15, 0.2) is 22.2 Å². The maximum atomic E-state index is 12.1. The Morgan fingerprint density at radius 2 is 2.19 bits per heavy atom. The topological polar surface area (TPSA) is 155 Å². The monoisotopic (exact) mass is 386 g/mol. The molecular weight excluding hydrogens is 364 g/mol. The zero-order valence-corrected chi connectivity index (χ0v) is 15.2. The second kappa shape index (κ2) is 7.42. The summed E-state index contributed by atoms with van der Waals surface area (Å²) in [5.74, 6) is -0.0763. The van der Waals surface area contributed by atoms with Crippen LogP contribution in [0.4, 0.5) is 5.95 Å². The molecule has 0 saturated carbocycles. The molecule has 12 heteroatoms. The van der Waals surface area contributed by atoms with Crippen LogP contribution >= 0.6 is 12.2 Å². The minimum Gasteiger partial charge on any atom is -0.394 e. The Morgan fingerprint density at radius 1 is 1.46 bits per heavy atom. The number of H-pyrrole nitrogens is 2. The van der Waals surface area contributed by atoms with E-state index in [-0.39, 0.29) is 21.9 Å². The van der Waals surface area contributed by atoms with E-state index in [9.17, 15) is 15.0 Å². The molecule has 1 aliphatic rings. The molecule has 0 amide bonds. The number of hydrogen-bond donors (Lipinski definition) is 5. The van der Waals surface area contributed by atoms with E-state index >= 15 is 0 Å². The first kappa shape index (κ1) is 18.9. The highest BCUT2D eigenvalue weighted by molar-refractivity contribution is 7.71. The molecule has 1 fully saturated rings. The zero-order valence-electron chi connectivity index (χ0n) is 14.4. The van der Waals surface area contributed by atoms with Crippen molar-refractivity contribution in [1.82, 2.24) is 24.4 Å². The maximum Gasteiger partial charge on any atom is 0.278 e. The molecule has 0 unspecified atom stereocenters. The van der Waals surface area contributed by atoms with Gasteiger partial charge in [0.25, 0.3) is 5.56 Å². The van der Waals surface area contributed by atoms with Gasteiger partial charge in [-0.3, -0.25) is 14.3 Å². The smallest absolute Gasteiger partial charge is 0.278 e. The second-order valence-corrected chi connectivity index (χ2v) is 6.71. The van der Waals surface area contributed by atoms with Crippen molar-refractivity contribution in [2.75, 3.05) is 39.6 Å². The van der Waals surface area contributed by atoms with Crippen molar-refractivity contribution in [3.8, 4) is 0 Å². The van der Waals surface area contributed by atoms with E-state index < -0.39 is 36.7 Å². The van der Waals surface area contributed by atoms with Crippen LogP contribution in [-0.2, 0) is 9.47 Å². The lowest BCUT2D eigenvalue weighted by atomic mass is 10.1. The fourth-order valence-electron chi connectivity index (χ4n) is 2.89. The SMILES string of the molecule is CN(C)CCO[C@@H]1[C@H](O)[C@@H](CO)O[C@H]1n1c(=S)[nH]c2c(=O)[nH]c(N)nc21. The third-order valence-corrected chi connectivity index (χ3v) is 4.49. The summed E-state index contributed by atoms with van der Waals surface area (Å²) in [5.41, 5.74) is 5.49. The molecule has 2 aromatic heterocycles. The minimum atomic E-state index is -1.07. The summed E-state index contributed by atoms with van der Waals surface area (Å²) in [6, 6.07) is 0. The number of likely N-dealkylation sites (N-methyl/N-ethyl adjacent to an activating group) is 1. The van der Waals surface area contributed by atoms with Gasteiger partial charge in [-0.25, -0.2) is 0 Å². The molecule has 0 aliphatic carbocycles. The number of aromatic nitrogens is 4. The number of aliphatic hydroxyl groups is 2. The van der Waals surface area contributed by atoms with Crippen molar-refractivity contribution in [3.63, 3.8) is 0 Å². The number of nitrogen functional groups attached to an aromatic ring is 1. The summed E-state index contributed by atoms with van der Waals surface area (Å²) in [4.78, 5) is 23.3. The molecule has 144 valence electrons. The number of nitrogens with one attached hydrogen (secondary N) is 2. The Morgan fingerprint density at radius 3 is 2.85 bits per heavy atom. The highest BCUT2D eigenvalue weighted by Gasteiger charge is 2.46. The van der Waals surface area contributed by atoms with E-state index in [1.807, 2.05) is 19.0 Å². The maximum absolute atomic E-state index is 12.1. The molecule has 11 nitrogen and oxygen atoms in total. The van der Waals surface area contributed by atoms with Gasteiger partial charge in [-0.1, -0.05) is 0 Å². The molecule has 0 radical (unpaired) electrons. The molecule has 0 aromatic carbocycles. The Hall–Kier alpha value is -1.83. The number of fused-ring (bicyclic) bond motifs is 1. The first-order valence-electron chi connectivity index (χ1n) is 8.04. The van der Waals surface area contributed by atoms with E-state index in [2.05, 4.69) is 15.0 Å². The lowest BCUT2D eigenvalue weighted by Crippen LogP contribution is -2.37. The van der Waals surface area contributed by atoms with E-state index in [1.54, 1.807) is 0 Å². The number of anilines is 1. The van der Waals surface area contributed by atoms with Gasteiger partial charge in [-0.05, 0) is 26.3 Å². The summed E-state index contributed by atoms with van der Waals surface area (Å²) in [5, 5.41) is 19.9. The number of hydrogen-bond acceptors (Lipinski definition) is 9. The van der Waals surface area contributed by atoms with Crippen molar-refractivity contribution in [2.45, 2.75) is 24.5 Å². The van der Waals surface area contributed by atoms with E-state index in [4.69, 9.17) is 27.4 Å². The number of imidazole rings is 1. The van der Waals surface area contributed by atoms with Crippen LogP contribution in [0.25, 0.3) is 11.2 Å². The van der Waals surface area contributed by atoms with Crippen LogP contribution in [0.5, 0.6) is 0 Å². The van der Waals surface area contributed by atoms with Crippen molar-refractivity contribution in [3.05, 3.63) is 15.1 Å². The third-order valence-electron chi connectivity index (χ3n) is 4.19. The Kier molecular flexibility index (Phi) is 5.41. The second-order valence-electron chi connectivity index (χ2n) is 6.33. The number of rotatable bonds is 6. The third kappa shape index (κ3) is 3.39. The number of nitrogens with two attached hydrogens (primary N) is 1. The number of nitrogens with zero attached hydrogens (tertiary/aromatic N) is 3. The standard InChI is InChI=1S/C14H22N6O5S/c1-19(2)3-4-24-9-8(22)6(5-21)25-12(9)20-10-7(16-14(20)26)11(23)18-13(15)17-10/h6,8-9,12,21-22H,3-5H2,1-2H3,(H,16,26)(H3,15,17,18,23)/t6-,8-,9-,12-/m1/s1. The van der Waals surface area contributed by atoms with Gasteiger partial charge in [0.1, 0.15) is 18.3 Å². The minimum absolute atomic E-state index is 0.0763. The molecule has 2 aromatic rings. The Balaban J connectivity index is 2.02. The molecule has 4 atom stereocenters. The molecule has 3 heterocycles. The van der Waals surface area contributed by atoms with Crippen LogP contribution < -0.4 is 11.3 Å². The lowest BCUT2D eigenvalue weighted by Gasteiger charge is -2.23. The van der Waals surface area contributed by atoms with Gasteiger partial charge >= 0.3 is 0 Å². The van der Waals surface area contributed by atoms with Crippen LogP contribution in [-0.4, -0.2) is 86.8 Å². The number of aromatic amines is 2. The Labute approximate surface area is 153 Å². The fourth-order valence-corrected chi connectivity index (χ4v) is 3.19. The molecule has 3 rings (SSSR count). The highest BCUT2D eigenvalue weighted by atomic mass is 32.1. The first-order chi connectivity index (χ1) is 12.3.